The van der Waals surface area contributed by atoms with Gasteiger partial charge >= 0.3 is 0 Å². The Hall–Kier alpha value is -2.93. The van der Waals surface area contributed by atoms with E-state index >= 15 is 0 Å². The Morgan fingerprint density at radius 1 is 1.03 bits per heavy atom. The molecule has 0 unspecified atom stereocenters. The minimum atomic E-state index is -0.377. The highest BCUT2D eigenvalue weighted by Crippen LogP contribution is 2.20. The lowest BCUT2D eigenvalue weighted by Crippen LogP contribution is -3.19. The van der Waals surface area contributed by atoms with Crippen LogP contribution >= 0.6 is 0 Å². The predicted octanol–water partition coefficient (Wildman–Crippen LogP) is 1.27. The first-order valence-electron chi connectivity index (χ1n) is 10.2. The number of nitro groups is 1. The Balaban J connectivity index is 1.33. The first-order chi connectivity index (χ1) is 14.0. The number of fused-ring (bicyclic) bond motifs is 1. The zero-order valence-corrected chi connectivity index (χ0v) is 16.7. The van der Waals surface area contributed by atoms with Crippen LogP contribution in [0.4, 0.5) is 11.4 Å². The molecule has 1 fully saturated rings. The fourth-order valence-corrected chi connectivity index (χ4v) is 4.40. The van der Waals surface area contributed by atoms with Crippen LogP contribution in [-0.2, 0) is 17.8 Å². The molecular formula is C22H27N4O3+. The number of quaternary nitrogens is 1. The topological polar surface area (TPSA) is 71.1 Å². The highest BCUT2D eigenvalue weighted by molar-refractivity contribution is 5.80. The van der Waals surface area contributed by atoms with Gasteiger partial charge in [-0.05, 0) is 36.6 Å². The number of non-ortho nitro benzene ring substituents is 1. The summed E-state index contributed by atoms with van der Waals surface area (Å²) in [5.41, 5.74) is 3.73. The maximum atomic E-state index is 13.1. The number of piperazine rings is 1. The van der Waals surface area contributed by atoms with Crippen molar-refractivity contribution in [3.05, 3.63) is 69.8 Å². The van der Waals surface area contributed by atoms with Gasteiger partial charge in [-0.15, -0.1) is 0 Å². The fraction of sp³-hybridized carbons (Fsp3) is 0.409. The Labute approximate surface area is 170 Å². The van der Waals surface area contributed by atoms with Crippen LogP contribution in [0.3, 0.4) is 0 Å². The molecular weight excluding hydrogens is 368 g/mol. The van der Waals surface area contributed by atoms with Crippen LogP contribution in [0.25, 0.3) is 0 Å². The number of nitrogens with one attached hydrogen (secondary N) is 1. The van der Waals surface area contributed by atoms with Gasteiger partial charge < -0.3 is 14.7 Å². The maximum absolute atomic E-state index is 13.1. The summed E-state index contributed by atoms with van der Waals surface area (Å²) in [6.45, 7) is 6.99. The minimum Gasteiger partial charge on any atom is -0.360 e. The molecule has 1 amide bonds. The summed E-state index contributed by atoms with van der Waals surface area (Å²) in [4.78, 5) is 29.1. The highest BCUT2D eigenvalue weighted by atomic mass is 16.6. The lowest BCUT2D eigenvalue weighted by Gasteiger charge is -2.38. The van der Waals surface area contributed by atoms with E-state index in [0.29, 0.717) is 6.54 Å². The second-order valence-electron chi connectivity index (χ2n) is 7.92. The van der Waals surface area contributed by atoms with Crippen molar-refractivity contribution in [3.63, 3.8) is 0 Å². The number of anilines is 1. The molecule has 7 heteroatoms. The summed E-state index contributed by atoms with van der Waals surface area (Å²) in [7, 11) is 0. The van der Waals surface area contributed by atoms with Crippen molar-refractivity contribution in [2.75, 3.05) is 37.6 Å². The Morgan fingerprint density at radius 3 is 2.34 bits per heavy atom. The molecule has 2 aromatic rings. The molecule has 0 saturated carbocycles. The lowest BCUT2D eigenvalue weighted by atomic mass is 9.99. The van der Waals surface area contributed by atoms with Gasteiger partial charge in [0.2, 0.25) is 0 Å². The number of amides is 1. The third kappa shape index (κ3) is 4.10. The van der Waals surface area contributed by atoms with E-state index in [1.807, 2.05) is 30.0 Å². The summed E-state index contributed by atoms with van der Waals surface area (Å²) >= 11 is 0. The van der Waals surface area contributed by atoms with Crippen LogP contribution in [0.1, 0.15) is 18.1 Å². The number of carbonyl (C=O) groups is 1. The summed E-state index contributed by atoms with van der Waals surface area (Å²) in [6, 6.07) is 15.0. The van der Waals surface area contributed by atoms with Crippen molar-refractivity contribution in [1.82, 2.24) is 4.90 Å². The number of carbonyl (C=O) groups excluding carboxylic acids is 1. The predicted molar refractivity (Wildman–Crippen MR) is 111 cm³/mol. The molecule has 152 valence electrons. The number of rotatable bonds is 4. The number of nitrogens with zero attached hydrogens (tertiary/aromatic N) is 3. The van der Waals surface area contributed by atoms with Gasteiger partial charge in [0.05, 0.1) is 31.1 Å². The SMILES string of the molecule is C[C@H](C(=O)N1CCc2ccccc2C1)[NH+]1CCN(c2ccc([N+](=O)[O-])cc2)CC1. The maximum Gasteiger partial charge on any atom is 0.280 e. The van der Waals surface area contributed by atoms with Gasteiger partial charge in [0, 0.05) is 30.9 Å². The van der Waals surface area contributed by atoms with E-state index in [-0.39, 0.29) is 22.6 Å². The molecule has 2 aromatic carbocycles. The van der Waals surface area contributed by atoms with Gasteiger partial charge in [0.25, 0.3) is 11.6 Å². The summed E-state index contributed by atoms with van der Waals surface area (Å²) < 4.78 is 0. The Kier molecular flexibility index (Phi) is 5.49. The molecule has 1 atom stereocenters. The Morgan fingerprint density at radius 2 is 1.69 bits per heavy atom. The van der Waals surface area contributed by atoms with Crippen molar-refractivity contribution >= 4 is 17.3 Å². The molecule has 2 aliphatic heterocycles. The number of nitro benzene ring substituents is 1. The van der Waals surface area contributed by atoms with Crippen LogP contribution < -0.4 is 9.80 Å². The second kappa shape index (κ2) is 8.21. The van der Waals surface area contributed by atoms with E-state index in [1.54, 1.807) is 12.1 Å². The Bertz CT molecular complexity index is 891. The third-order valence-electron chi connectivity index (χ3n) is 6.26. The average Bonchev–Trinajstić information content (AvgIpc) is 2.78. The van der Waals surface area contributed by atoms with E-state index in [9.17, 15) is 14.9 Å². The first-order valence-corrected chi connectivity index (χ1v) is 10.2. The van der Waals surface area contributed by atoms with Gasteiger partial charge in [0.15, 0.2) is 6.04 Å². The van der Waals surface area contributed by atoms with Gasteiger partial charge in [0.1, 0.15) is 0 Å². The molecule has 2 aliphatic rings. The average molecular weight is 395 g/mol. The van der Waals surface area contributed by atoms with Crippen LogP contribution in [0, 0.1) is 10.1 Å². The van der Waals surface area contributed by atoms with Crippen molar-refractivity contribution < 1.29 is 14.6 Å². The standard InChI is InChI=1S/C22H26N4O3/c1-17(22(27)25-11-10-18-4-2-3-5-19(18)16-25)23-12-14-24(15-13-23)20-6-8-21(9-7-20)26(28)29/h2-9,17H,10-16H2,1H3/p+1/t17-/m1/s1. The van der Waals surface area contributed by atoms with Gasteiger partial charge in [-0.3, -0.25) is 14.9 Å². The van der Waals surface area contributed by atoms with E-state index in [4.69, 9.17) is 0 Å². The molecule has 0 bridgehead atoms. The van der Waals surface area contributed by atoms with Crippen LogP contribution in [-0.4, -0.2) is 54.5 Å². The molecule has 0 aliphatic carbocycles. The molecule has 0 radical (unpaired) electrons. The molecule has 0 spiro atoms. The van der Waals surface area contributed by atoms with E-state index in [1.165, 1.54) is 16.0 Å². The van der Waals surface area contributed by atoms with Gasteiger partial charge in [-0.1, -0.05) is 24.3 Å². The smallest absolute Gasteiger partial charge is 0.280 e. The normalized spacial score (nSPS) is 18.2. The van der Waals surface area contributed by atoms with E-state index in [2.05, 4.69) is 23.1 Å². The summed E-state index contributed by atoms with van der Waals surface area (Å²) in [5.74, 6) is 0.235. The second-order valence-corrected chi connectivity index (χ2v) is 7.92. The van der Waals surface area contributed by atoms with Crippen LogP contribution in [0.2, 0.25) is 0 Å². The van der Waals surface area contributed by atoms with Crippen molar-refractivity contribution in [1.29, 1.82) is 0 Å². The fourth-order valence-electron chi connectivity index (χ4n) is 4.40. The molecule has 1 saturated heterocycles. The van der Waals surface area contributed by atoms with E-state index in [0.717, 1.165) is 44.8 Å². The molecule has 29 heavy (non-hydrogen) atoms. The zero-order valence-electron chi connectivity index (χ0n) is 16.7. The monoisotopic (exact) mass is 395 g/mol. The number of hydrogen-bond donors (Lipinski definition) is 1. The summed E-state index contributed by atoms with van der Waals surface area (Å²) in [6.07, 6.45) is 0.928. The third-order valence-corrected chi connectivity index (χ3v) is 6.26. The molecule has 1 N–H and O–H groups in total. The lowest BCUT2D eigenvalue weighted by molar-refractivity contribution is -0.915. The quantitative estimate of drug-likeness (QED) is 0.625. The summed E-state index contributed by atoms with van der Waals surface area (Å²) in [5, 5.41) is 10.8. The van der Waals surface area contributed by atoms with Crippen LogP contribution in [0.5, 0.6) is 0 Å². The van der Waals surface area contributed by atoms with Crippen LogP contribution in [0.15, 0.2) is 48.5 Å². The minimum absolute atomic E-state index is 0.0562. The van der Waals surface area contributed by atoms with Gasteiger partial charge in [-0.2, -0.15) is 0 Å². The van der Waals surface area contributed by atoms with Gasteiger partial charge in [-0.25, -0.2) is 0 Å². The van der Waals surface area contributed by atoms with Crippen molar-refractivity contribution in [2.24, 2.45) is 0 Å². The molecule has 0 aromatic heterocycles. The molecule has 2 heterocycles. The first kappa shape index (κ1) is 19.4. The molecule has 7 nitrogen and oxygen atoms in total. The van der Waals surface area contributed by atoms with E-state index < -0.39 is 0 Å². The molecule has 4 rings (SSSR count). The van der Waals surface area contributed by atoms with Crippen molar-refractivity contribution in [3.8, 4) is 0 Å². The zero-order chi connectivity index (χ0) is 20.4. The number of hydrogen-bond acceptors (Lipinski definition) is 4. The van der Waals surface area contributed by atoms with Crippen molar-refractivity contribution in [2.45, 2.75) is 25.9 Å². The largest absolute Gasteiger partial charge is 0.360 e. The number of benzene rings is 2. The highest BCUT2D eigenvalue weighted by Gasteiger charge is 2.33.